The van der Waals surface area contributed by atoms with E-state index in [1.54, 1.807) is 0 Å². The number of hydrogen-bond donors (Lipinski definition) is 0. The van der Waals surface area contributed by atoms with Crippen LogP contribution in [0.5, 0.6) is 0 Å². The summed E-state index contributed by atoms with van der Waals surface area (Å²) >= 11 is 0. The van der Waals surface area contributed by atoms with Gasteiger partial charge in [-0.05, 0) is 0 Å². The lowest BCUT2D eigenvalue weighted by atomic mass is 9.84. The van der Waals surface area contributed by atoms with E-state index in [1.807, 2.05) is 0 Å². The Morgan fingerprint density at radius 2 is 2.00 bits per heavy atom. The van der Waals surface area contributed by atoms with Gasteiger partial charge < -0.3 is 17.7 Å². The second-order valence-electron chi connectivity index (χ2n) is 2.18. The zero-order chi connectivity index (χ0) is 8.91. The summed E-state index contributed by atoms with van der Waals surface area (Å²) in [6.07, 6.45) is -1.19. The molecule has 0 unspecified atom stereocenters. The monoisotopic (exact) mass is 169 g/mol. The van der Waals surface area contributed by atoms with Crippen molar-refractivity contribution in [2.24, 2.45) is 0 Å². The van der Waals surface area contributed by atoms with Crippen LogP contribution in [0.15, 0.2) is 0 Å². The molecule has 0 aromatic rings. The zero-order valence-corrected chi connectivity index (χ0v) is 6.15. The fraction of sp³-hybridized carbons (Fsp3) is 0.800. The second kappa shape index (κ2) is 4.25. The van der Waals surface area contributed by atoms with Crippen molar-refractivity contribution in [2.45, 2.75) is 19.2 Å². The average Bonchev–Trinajstić information content (AvgIpc) is 1.85. The fourth-order valence-corrected chi connectivity index (χ4v) is 0.580. The summed E-state index contributed by atoms with van der Waals surface area (Å²) < 4.78 is 38.7. The minimum atomic E-state index is -4.74. The third kappa shape index (κ3) is 7.22. The average molecular weight is 169 g/mol. The Bertz CT molecular complexity index is 134. The summed E-state index contributed by atoms with van der Waals surface area (Å²) in [6.45, 7) is -4.74. The molecule has 0 spiro atoms. The molecule has 2 nitrogen and oxygen atoms in total. The molecule has 0 heterocycles. The van der Waals surface area contributed by atoms with Gasteiger partial charge in [0.05, 0.1) is 7.11 Å². The Morgan fingerprint density at radius 1 is 1.45 bits per heavy atom. The van der Waals surface area contributed by atoms with Gasteiger partial charge in [0.15, 0.2) is 0 Å². The third-order valence-corrected chi connectivity index (χ3v) is 1.14. The van der Waals surface area contributed by atoms with Gasteiger partial charge in [-0.25, -0.2) is 0 Å². The lowest BCUT2D eigenvalue weighted by molar-refractivity contribution is -0.140. The predicted molar refractivity (Wildman–Crippen MR) is 35.1 cm³/mol. The van der Waals surface area contributed by atoms with E-state index < -0.39 is 19.3 Å². The van der Waals surface area contributed by atoms with Gasteiger partial charge >= 0.3 is 12.9 Å². The first-order valence-corrected chi connectivity index (χ1v) is 3.23. The van der Waals surface area contributed by atoms with E-state index in [0.717, 1.165) is 7.11 Å². The predicted octanol–water partition coefficient (Wildman–Crippen LogP) is 1.79. The van der Waals surface area contributed by atoms with Crippen molar-refractivity contribution in [3.63, 3.8) is 0 Å². The molecule has 0 aromatic carbocycles. The van der Waals surface area contributed by atoms with Crippen LogP contribution in [0.25, 0.3) is 0 Å². The summed E-state index contributed by atoms with van der Waals surface area (Å²) in [5.41, 5.74) is 0. The summed E-state index contributed by atoms with van der Waals surface area (Å²) in [6, 6.07) is 0. The molecule has 0 rings (SSSR count). The van der Waals surface area contributed by atoms with Crippen LogP contribution < -0.4 is 0 Å². The van der Waals surface area contributed by atoms with Crippen LogP contribution in [-0.4, -0.2) is 20.1 Å². The van der Waals surface area contributed by atoms with Gasteiger partial charge in [0.2, 0.25) is 0 Å². The SMILES string of the molecule is COC(=O)CCC[B-](F)(F)F. The number of esters is 1. The number of methoxy groups -OCH3 is 1. The van der Waals surface area contributed by atoms with Crippen molar-refractivity contribution >= 4 is 12.9 Å². The van der Waals surface area contributed by atoms with Gasteiger partial charge in [-0.1, -0.05) is 12.7 Å². The number of carbonyl (C=O) groups excluding carboxylic acids is 1. The lowest BCUT2D eigenvalue weighted by Crippen LogP contribution is -2.14. The lowest BCUT2D eigenvalue weighted by Gasteiger charge is -2.11. The molecule has 6 heteroatoms. The van der Waals surface area contributed by atoms with Crippen molar-refractivity contribution in [3.05, 3.63) is 0 Å². The van der Waals surface area contributed by atoms with Crippen molar-refractivity contribution in [1.29, 1.82) is 0 Å². The molecule has 11 heavy (non-hydrogen) atoms. The highest BCUT2D eigenvalue weighted by Crippen LogP contribution is 2.17. The quantitative estimate of drug-likeness (QED) is 0.473. The molecular formula is C5H9BF3O2-. The van der Waals surface area contributed by atoms with E-state index in [2.05, 4.69) is 4.74 Å². The maximum atomic E-state index is 11.5. The van der Waals surface area contributed by atoms with Crippen LogP contribution in [0.3, 0.4) is 0 Å². The van der Waals surface area contributed by atoms with Crippen LogP contribution >= 0.6 is 0 Å². The number of ether oxygens (including phenoxy) is 1. The largest absolute Gasteiger partial charge is 0.478 e. The molecule has 0 bridgehead atoms. The summed E-state index contributed by atoms with van der Waals surface area (Å²) in [7, 11) is 1.15. The Kier molecular flexibility index (Phi) is 3.99. The first-order chi connectivity index (χ1) is 4.95. The Balaban J connectivity index is 3.35. The maximum absolute atomic E-state index is 11.5. The molecule has 0 aromatic heterocycles. The molecule has 0 saturated carbocycles. The van der Waals surface area contributed by atoms with Crippen LogP contribution in [0, 0.1) is 0 Å². The number of hydrogen-bond acceptors (Lipinski definition) is 2. The van der Waals surface area contributed by atoms with Crippen molar-refractivity contribution in [1.82, 2.24) is 0 Å². The van der Waals surface area contributed by atoms with E-state index in [-0.39, 0.29) is 12.8 Å². The summed E-state index contributed by atoms with van der Waals surface area (Å²) in [5.74, 6) is -0.593. The highest BCUT2D eigenvalue weighted by Gasteiger charge is 2.22. The third-order valence-electron chi connectivity index (χ3n) is 1.14. The fourth-order valence-electron chi connectivity index (χ4n) is 0.580. The summed E-state index contributed by atoms with van der Waals surface area (Å²) in [4.78, 5) is 10.3. The van der Waals surface area contributed by atoms with E-state index in [1.165, 1.54) is 0 Å². The molecular weight excluding hydrogens is 160 g/mol. The van der Waals surface area contributed by atoms with Crippen LogP contribution in [0.1, 0.15) is 12.8 Å². The Labute approximate surface area is 62.8 Å². The van der Waals surface area contributed by atoms with Gasteiger partial charge in [0, 0.05) is 6.42 Å². The van der Waals surface area contributed by atoms with Crippen LogP contribution in [0.4, 0.5) is 12.9 Å². The van der Waals surface area contributed by atoms with Gasteiger partial charge in [-0.15, -0.1) is 0 Å². The van der Waals surface area contributed by atoms with E-state index in [9.17, 15) is 17.7 Å². The molecule has 0 atom stereocenters. The Hall–Kier alpha value is -0.675. The minimum Gasteiger partial charge on any atom is -0.469 e. The molecule has 0 aliphatic carbocycles. The number of halogens is 3. The zero-order valence-electron chi connectivity index (χ0n) is 6.15. The molecule has 0 N–H and O–H groups in total. The highest BCUT2D eigenvalue weighted by atomic mass is 19.4. The number of carbonyl (C=O) groups is 1. The van der Waals surface area contributed by atoms with Gasteiger partial charge in [-0.2, -0.15) is 0 Å². The van der Waals surface area contributed by atoms with Gasteiger partial charge in [0.1, 0.15) is 0 Å². The topological polar surface area (TPSA) is 26.3 Å². The first-order valence-electron chi connectivity index (χ1n) is 3.23. The molecule has 0 aliphatic heterocycles. The first kappa shape index (κ1) is 10.3. The second-order valence-corrected chi connectivity index (χ2v) is 2.18. The normalized spacial score (nSPS) is 11.3. The van der Waals surface area contributed by atoms with Crippen molar-refractivity contribution < 1.29 is 22.5 Å². The molecule has 0 fully saturated rings. The molecule has 0 saturated heterocycles. The van der Waals surface area contributed by atoms with E-state index in [0.29, 0.717) is 0 Å². The standard InChI is InChI=1S/C5H9BF3O2/c1-11-5(10)3-2-4-6(7,8)9/h2-4H2,1H3/q-1. The molecule has 66 valence electrons. The minimum absolute atomic E-state index is 0.155. The van der Waals surface area contributed by atoms with Crippen molar-refractivity contribution in [2.75, 3.05) is 7.11 Å². The maximum Gasteiger partial charge on any atom is 0.478 e. The van der Waals surface area contributed by atoms with Gasteiger partial charge in [0.25, 0.3) is 0 Å². The molecule has 0 amide bonds. The highest BCUT2D eigenvalue weighted by molar-refractivity contribution is 6.58. The van der Waals surface area contributed by atoms with Crippen molar-refractivity contribution in [3.8, 4) is 0 Å². The summed E-state index contributed by atoms with van der Waals surface area (Å²) in [5, 5.41) is 0. The molecule has 0 aliphatic rings. The van der Waals surface area contributed by atoms with Crippen LogP contribution in [-0.2, 0) is 9.53 Å². The van der Waals surface area contributed by atoms with Gasteiger partial charge in [-0.3, -0.25) is 4.79 Å². The smallest absolute Gasteiger partial charge is 0.469 e. The molecule has 0 radical (unpaired) electrons. The van der Waals surface area contributed by atoms with E-state index >= 15 is 0 Å². The van der Waals surface area contributed by atoms with E-state index in [4.69, 9.17) is 0 Å². The Morgan fingerprint density at radius 3 is 2.36 bits per heavy atom. The van der Waals surface area contributed by atoms with Crippen LogP contribution in [0.2, 0.25) is 6.32 Å². The number of rotatable bonds is 4.